The number of benzene rings is 1. The second-order valence-corrected chi connectivity index (χ2v) is 8.00. The number of aromatic amines is 1. The summed E-state index contributed by atoms with van der Waals surface area (Å²) in [5.41, 5.74) is 9.82. The smallest absolute Gasteiger partial charge is 0.143 e. The van der Waals surface area contributed by atoms with Gasteiger partial charge >= 0.3 is 0 Å². The van der Waals surface area contributed by atoms with E-state index in [4.69, 9.17) is 10.6 Å². The highest BCUT2D eigenvalue weighted by molar-refractivity contribution is 9.10. The second-order valence-electron chi connectivity index (χ2n) is 5.64. The highest BCUT2D eigenvalue weighted by Crippen LogP contribution is 2.33. The molecule has 0 radical (unpaired) electrons. The summed E-state index contributed by atoms with van der Waals surface area (Å²) in [4.78, 5) is 9.22. The highest BCUT2D eigenvalue weighted by Gasteiger charge is 2.36. The van der Waals surface area contributed by atoms with Crippen LogP contribution in [0.1, 0.15) is 11.3 Å². The molecule has 3 atom stereocenters. The molecule has 7 heteroatoms. The van der Waals surface area contributed by atoms with Crippen LogP contribution in [0.4, 0.5) is 0 Å². The summed E-state index contributed by atoms with van der Waals surface area (Å²) in [7, 11) is -0.993. The molecule has 0 spiro atoms. The fourth-order valence-electron chi connectivity index (χ4n) is 3.23. The van der Waals surface area contributed by atoms with Crippen molar-refractivity contribution in [1.82, 2.24) is 10.0 Å². The molecule has 0 saturated carbocycles. The third kappa shape index (κ3) is 2.37. The van der Waals surface area contributed by atoms with Gasteiger partial charge < -0.3 is 10.7 Å². The minimum absolute atomic E-state index is 0.0838. The Morgan fingerprint density at radius 2 is 2.33 bits per heavy atom. The molecule has 1 aromatic heterocycles. The zero-order valence-corrected chi connectivity index (χ0v) is 13.7. The van der Waals surface area contributed by atoms with Gasteiger partial charge in [0.1, 0.15) is 5.94 Å². The lowest BCUT2D eigenvalue weighted by molar-refractivity contribution is -0.181. The van der Waals surface area contributed by atoms with Crippen molar-refractivity contribution in [2.45, 2.75) is 25.0 Å². The Hall–Kier alpha value is -0.730. The number of fused-ring (bicyclic) bond motifs is 4. The summed E-state index contributed by atoms with van der Waals surface area (Å²) >= 11 is 3.50. The molecular formula is C14H16BrN3O2S. The number of halogens is 1. The van der Waals surface area contributed by atoms with Gasteiger partial charge in [-0.2, -0.15) is 5.06 Å². The van der Waals surface area contributed by atoms with Crippen molar-refractivity contribution >= 4 is 37.6 Å². The van der Waals surface area contributed by atoms with Crippen LogP contribution in [0.25, 0.3) is 10.9 Å². The fourth-order valence-corrected chi connectivity index (χ4v) is 4.59. The lowest BCUT2D eigenvalue weighted by Gasteiger charge is -2.35. The Bertz CT molecular complexity index is 732. The van der Waals surface area contributed by atoms with Gasteiger partial charge in [0.2, 0.25) is 0 Å². The van der Waals surface area contributed by atoms with Gasteiger partial charge in [-0.15, -0.1) is 0 Å². The Morgan fingerprint density at radius 3 is 3.19 bits per heavy atom. The third-order valence-electron chi connectivity index (χ3n) is 4.28. The van der Waals surface area contributed by atoms with Crippen LogP contribution in [0.2, 0.25) is 0 Å². The van der Waals surface area contributed by atoms with Crippen LogP contribution in [0, 0.1) is 0 Å². The van der Waals surface area contributed by atoms with E-state index in [2.05, 4.69) is 33.0 Å². The normalized spacial score (nSPS) is 29.9. The second kappa shape index (κ2) is 5.17. The largest absolute Gasteiger partial charge is 0.358 e. The van der Waals surface area contributed by atoms with Crippen LogP contribution >= 0.6 is 15.9 Å². The molecular weight excluding hydrogens is 354 g/mol. The van der Waals surface area contributed by atoms with Gasteiger partial charge in [-0.25, -0.2) is 0 Å². The minimum atomic E-state index is -0.993. The Morgan fingerprint density at radius 1 is 1.48 bits per heavy atom. The standard InChI is InChI=1S/C14H16BrN3O2S/c15-8-1-2-9-10-5-18-14(4-13(10)17-12(9)3-8)11(16)6-21(19)7-20-18/h1-3,11,14,17H,4-7,16H2. The molecule has 21 heavy (non-hydrogen) atoms. The molecule has 2 aliphatic heterocycles. The Labute approximate surface area is 133 Å². The molecule has 3 heterocycles. The van der Waals surface area contributed by atoms with Crippen LogP contribution in [-0.4, -0.2) is 38.0 Å². The van der Waals surface area contributed by atoms with Gasteiger partial charge in [-0.1, -0.05) is 22.0 Å². The van der Waals surface area contributed by atoms with E-state index in [1.165, 1.54) is 16.6 Å². The number of rotatable bonds is 0. The van der Waals surface area contributed by atoms with E-state index in [-0.39, 0.29) is 18.0 Å². The van der Waals surface area contributed by atoms with E-state index in [1.54, 1.807) is 0 Å². The lowest BCUT2D eigenvalue weighted by Crippen LogP contribution is -2.50. The van der Waals surface area contributed by atoms with Gasteiger partial charge in [0.25, 0.3) is 0 Å². The highest BCUT2D eigenvalue weighted by atomic mass is 79.9. The van der Waals surface area contributed by atoms with Crippen LogP contribution in [0.3, 0.4) is 0 Å². The van der Waals surface area contributed by atoms with E-state index in [1.807, 2.05) is 11.1 Å². The van der Waals surface area contributed by atoms with E-state index in [9.17, 15) is 4.21 Å². The number of H-pyrrole nitrogens is 1. The van der Waals surface area contributed by atoms with Crippen LogP contribution in [-0.2, 0) is 28.6 Å². The molecule has 4 rings (SSSR count). The molecule has 1 saturated heterocycles. The molecule has 1 fully saturated rings. The Balaban J connectivity index is 1.76. The average Bonchev–Trinajstić information content (AvgIpc) is 2.73. The number of nitrogens with one attached hydrogen (secondary N) is 1. The molecule has 1 aromatic carbocycles. The summed E-state index contributed by atoms with van der Waals surface area (Å²) in [5, 5.41) is 3.14. The number of nitrogens with two attached hydrogens (primary N) is 1. The number of hydroxylamine groups is 2. The molecule has 2 aliphatic rings. The molecule has 5 nitrogen and oxygen atoms in total. The molecule has 0 bridgehead atoms. The summed E-state index contributed by atoms with van der Waals surface area (Å²) < 4.78 is 12.8. The first-order valence-corrected chi connectivity index (χ1v) is 9.19. The first-order chi connectivity index (χ1) is 10.1. The van der Waals surface area contributed by atoms with Crippen molar-refractivity contribution < 1.29 is 9.05 Å². The summed E-state index contributed by atoms with van der Waals surface area (Å²) in [6, 6.07) is 6.21. The quantitative estimate of drug-likeness (QED) is 0.740. The number of hydrogen-bond acceptors (Lipinski definition) is 4. The van der Waals surface area contributed by atoms with Gasteiger partial charge in [-0.05, 0) is 17.7 Å². The van der Waals surface area contributed by atoms with E-state index < -0.39 is 10.8 Å². The fraction of sp³-hybridized carbons (Fsp3) is 0.429. The van der Waals surface area contributed by atoms with E-state index >= 15 is 0 Å². The average molecular weight is 370 g/mol. The maximum atomic E-state index is 11.8. The first-order valence-electron chi connectivity index (χ1n) is 6.91. The molecule has 112 valence electrons. The minimum Gasteiger partial charge on any atom is -0.358 e. The SMILES string of the molecule is NC1CS(=O)CON2Cc3c([nH]c4cc(Br)ccc34)CC12. The summed E-state index contributed by atoms with van der Waals surface area (Å²) in [6.45, 7) is 0.687. The molecule has 0 aliphatic carbocycles. The van der Waals surface area contributed by atoms with Crippen molar-refractivity contribution in [3.63, 3.8) is 0 Å². The van der Waals surface area contributed by atoms with Crippen LogP contribution < -0.4 is 5.73 Å². The monoisotopic (exact) mass is 369 g/mol. The molecule has 3 N–H and O–H groups in total. The number of aromatic nitrogens is 1. The van der Waals surface area contributed by atoms with Crippen LogP contribution in [0.15, 0.2) is 22.7 Å². The molecule has 2 aromatic rings. The third-order valence-corrected chi connectivity index (χ3v) is 5.89. The number of nitrogens with zero attached hydrogens (tertiary/aromatic N) is 1. The summed E-state index contributed by atoms with van der Waals surface area (Å²) in [6.07, 6.45) is 0.806. The predicted molar refractivity (Wildman–Crippen MR) is 86.0 cm³/mol. The zero-order valence-electron chi connectivity index (χ0n) is 11.3. The van der Waals surface area contributed by atoms with Gasteiger partial charge in [0, 0.05) is 39.3 Å². The van der Waals surface area contributed by atoms with Crippen molar-refractivity contribution in [3.8, 4) is 0 Å². The van der Waals surface area contributed by atoms with Crippen molar-refractivity contribution in [2.24, 2.45) is 5.73 Å². The van der Waals surface area contributed by atoms with E-state index in [0.29, 0.717) is 12.3 Å². The van der Waals surface area contributed by atoms with Crippen LogP contribution in [0.5, 0.6) is 0 Å². The predicted octanol–water partition coefficient (Wildman–Crippen LogP) is 1.64. The maximum absolute atomic E-state index is 11.8. The van der Waals surface area contributed by atoms with Crippen molar-refractivity contribution in [3.05, 3.63) is 33.9 Å². The number of hydrogen-bond donors (Lipinski definition) is 2. The first kappa shape index (κ1) is 13.9. The van der Waals surface area contributed by atoms with E-state index in [0.717, 1.165) is 16.4 Å². The van der Waals surface area contributed by atoms with Crippen molar-refractivity contribution in [2.75, 3.05) is 11.7 Å². The Kier molecular flexibility index (Phi) is 3.42. The maximum Gasteiger partial charge on any atom is 0.143 e. The van der Waals surface area contributed by atoms with Gasteiger partial charge in [-0.3, -0.25) is 9.05 Å². The van der Waals surface area contributed by atoms with Crippen molar-refractivity contribution in [1.29, 1.82) is 0 Å². The van der Waals surface area contributed by atoms with Gasteiger partial charge in [0.05, 0.1) is 23.4 Å². The lowest BCUT2D eigenvalue weighted by atomic mass is 9.96. The molecule has 3 unspecified atom stereocenters. The topological polar surface area (TPSA) is 71.4 Å². The summed E-state index contributed by atoms with van der Waals surface area (Å²) in [5.74, 6) is 0.746. The molecule has 0 amide bonds. The zero-order chi connectivity index (χ0) is 14.6. The van der Waals surface area contributed by atoms with Gasteiger partial charge in [0.15, 0.2) is 0 Å².